The minimum atomic E-state index is -1.05. The van der Waals surface area contributed by atoms with Gasteiger partial charge in [0.05, 0.1) is 13.2 Å². The van der Waals surface area contributed by atoms with Crippen molar-refractivity contribution < 1.29 is 24.2 Å². The molecule has 0 unspecified atom stereocenters. The van der Waals surface area contributed by atoms with Gasteiger partial charge in [0.15, 0.2) is 6.10 Å². The zero-order valence-electron chi connectivity index (χ0n) is 13.3. The van der Waals surface area contributed by atoms with E-state index >= 15 is 0 Å². The molecule has 1 aliphatic rings. The Kier molecular flexibility index (Phi) is 5.93. The van der Waals surface area contributed by atoms with Crippen LogP contribution in [-0.4, -0.2) is 54.3 Å². The summed E-state index contributed by atoms with van der Waals surface area (Å²) >= 11 is 0. The van der Waals surface area contributed by atoms with Gasteiger partial charge in [0.2, 0.25) is 0 Å². The third-order valence-electron chi connectivity index (χ3n) is 3.50. The minimum Gasteiger partial charge on any atom is -0.479 e. The number of nitriles is 1. The second kappa shape index (κ2) is 8.13. The molecule has 1 aliphatic heterocycles. The van der Waals surface area contributed by atoms with Gasteiger partial charge in [-0.25, -0.2) is 4.79 Å². The highest BCUT2D eigenvalue weighted by atomic mass is 16.5. The summed E-state index contributed by atoms with van der Waals surface area (Å²) in [4.78, 5) is 24.7. The lowest BCUT2D eigenvalue weighted by Crippen LogP contribution is -2.41. The number of aliphatic carboxylic acids is 1. The number of carboxylic acids is 1. The summed E-state index contributed by atoms with van der Waals surface area (Å²) in [5.74, 6) is -0.970. The van der Waals surface area contributed by atoms with Crippen LogP contribution in [0.4, 0.5) is 0 Å². The molecule has 7 nitrogen and oxygen atoms in total. The van der Waals surface area contributed by atoms with E-state index in [-0.39, 0.29) is 11.5 Å². The zero-order chi connectivity index (χ0) is 17.5. The number of amides is 1. The van der Waals surface area contributed by atoms with Gasteiger partial charge in [0.1, 0.15) is 17.4 Å². The maximum atomic E-state index is 12.3. The first-order chi connectivity index (χ1) is 11.5. The van der Waals surface area contributed by atoms with Crippen molar-refractivity contribution in [1.29, 1.82) is 5.26 Å². The Balaban J connectivity index is 2.09. The highest BCUT2D eigenvalue weighted by molar-refractivity contribution is 6.01. The van der Waals surface area contributed by atoms with Crippen molar-refractivity contribution in [1.82, 2.24) is 4.90 Å². The molecule has 0 aliphatic carbocycles. The fourth-order valence-electron chi connectivity index (χ4n) is 2.14. The molecule has 126 valence electrons. The lowest BCUT2D eigenvalue weighted by molar-refractivity contribution is -0.144. The van der Waals surface area contributed by atoms with Gasteiger partial charge in [0, 0.05) is 13.1 Å². The first-order valence-electron chi connectivity index (χ1n) is 7.49. The maximum absolute atomic E-state index is 12.3. The van der Waals surface area contributed by atoms with Crippen LogP contribution in [0.5, 0.6) is 5.75 Å². The Morgan fingerprint density at radius 3 is 2.50 bits per heavy atom. The summed E-state index contributed by atoms with van der Waals surface area (Å²) in [6, 6.07) is 8.44. The monoisotopic (exact) mass is 330 g/mol. The fraction of sp³-hybridized carbons (Fsp3) is 0.353. The minimum absolute atomic E-state index is 0.0458. The van der Waals surface area contributed by atoms with Gasteiger partial charge >= 0.3 is 5.97 Å². The van der Waals surface area contributed by atoms with Crippen LogP contribution in [-0.2, 0) is 14.3 Å². The quantitative estimate of drug-likeness (QED) is 0.645. The summed E-state index contributed by atoms with van der Waals surface area (Å²) in [6.45, 7) is 3.32. The number of hydrogen-bond donors (Lipinski definition) is 1. The van der Waals surface area contributed by atoms with Gasteiger partial charge < -0.3 is 19.5 Å². The van der Waals surface area contributed by atoms with Crippen molar-refractivity contribution in [2.45, 2.75) is 13.0 Å². The number of morpholine rings is 1. The van der Waals surface area contributed by atoms with Crippen LogP contribution in [0.1, 0.15) is 12.5 Å². The molecule has 1 atom stereocenters. The Labute approximate surface area is 139 Å². The van der Waals surface area contributed by atoms with E-state index in [4.69, 9.17) is 14.6 Å². The molecule has 0 bridgehead atoms. The standard InChI is InChI=1S/C17H18N2O5/c1-12(17(21)22)24-15-4-2-13(3-5-15)10-14(11-18)16(20)19-6-8-23-9-7-19/h2-5,10,12H,6-9H2,1H3,(H,21,22)/b14-10-/t12-/m1/s1. The highest BCUT2D eigenvalue weighted by Gasteiger charge is 2.20. The van der Waals surface area contributed by atoms with Crippen LogP contribution >= 0.6 is 0 Å². The van der Waals surface area contributed by atoms with E-state index in [9.17, 15) is 14.9 Å². The normalized spacial score (nSPS) is 16.2. The van der Waals surface area contributed by atoms with Gasteiger partial charge in [-0.3, -0.25) is 4.79 Å². The largest absolute Gasteiger partial charge is 0.479 e. The molecule has 0 aromatic heterocycles. The smallest absolute Gasteiger partial charge is 0.344 e. The molecule has 1 heterocycles. The van der Waals surface area contributed by atoms with E-state index in [1.807, 2.05) is 6.07 Å². The van der Waals surface area contributed by atoms with Crippen molar-refractivity contribution in [3.05, 3.63) is 35.4 Å². The van der Waals surface area contributed by atoms with Crippen LogP contribution in [0.15, 0.2) is 29.8 Å². The Hall–Kier alpha value is -2.85. The maximum Gasteiger partial charge on any atom is 0.344 e. The van der Waals surface area contributed by atoms with Crippen LogP contribution in [0.3, 0.4) is 0 Å². The van der Waals surface area contributed by atoms with Gasteiger partial charge in [-0.1, -0.05) is 12.1 Å². The SMILES string of the molecule is C[C@@H](Oc1ccc(/C=C(/C#N)C(=O)N2CCOCC2)cc1)C(=O)O. The average molecular weight is 330 g/mol. The number of rotatable bonds is 5. The molecule has 0 radical (unpaired) electrons. The topological polar surface area (TPSA) is 99.9 Å². The molecular formula is C17H18N2O5. The predicted molar refractivity (Wildman–Crippen MR) is 85.2 cm³/mol. The molecule has 1 fully saturated rings. The second-order valence-electron chi connectivity index (χ2n) is 5.24. The molecule has 1 amide bonds. The van der Waals surface area contributed by atoms with E-state index in [0.29, 0.717) is 37.6 Å². The fourth-order valence-corrected chi connectivity index (χ4v) is 2.14. The first-order valence-corrected chi connectivity index (χ1v) is 7.49. The third-order valence-corrected chi connectivity index (χ3v) is 3.50. The van der Waals surface area contributed by atoms with Crippen molar-refractivity contribution in [3.8, 4) is 11.8 Å². The summed E-state index contributed by atoms with van der Waals surface area (Å²) in [5.41, 5.74) is 0.702. The molecule has 1 N–H and O–H groups in total. The highest BCUT2D eigenvalue weighted by Crippen LogP contribution is 2.17. The number of carbonyl (C=O) groups is 2. The average Bonchev–Trinajstić information content (AvgIpc) is 2.61. The number of carbonyl (C=O) groups excluding carboxylic acids is 1. The van der Waals surface area contributed by atoms with Crippen LogP contribution in [0.25, 0.3) is 6.08 Å². The van der Waals surface area contributed by atoms with Gasteiger partial charge in [-0.05, 0) is 30.7 Å². The molecule has 7 heteroatoms. The van der Waals surface area contributed by atoms with Crippen molar-refractivity contribution in [2.24, 2.45) is 0 Å². The molecule has 0 spiro atoms. The van der Waals surface area contributed by atoms with E-state index in [2.05, 4.69) is 0 Å². The lowest BCUT2D eigenvalue weighted by atomic mass is 10.1. The molecule has 2 rings (SSSR count). The second-order valence-corrected chi connectivity index (χ2v) is 5.24. The number of hydrogen-bond acceptors (Lipinski definition) is 5. The van der Waals surface area contributed by atoms with Crippen LogP contribution in [0.2, 0.25) is 0 Å². The van der Waals surface area contributed by atoms with E-state index < -0.39 is 12.1 Å². The lowest BCUT2D eigenvalue weighted by Gasteiger charge is -2.26. The number of nitrogens with zero attached hydrogens (tertiary/aromatic N) is 2. The summed E-state index contributed by atoms with van der Waals surface area (Å²) in [6.07, 6.45) is 0.548. The zero-order valence-corrected chi connectivity index (χ0v) is 13.3. The van der Waals surface area contributed by atoms with Crippen LogP contribution in [0, 0.1) is 11.3 Å². The van der Waals surface area contributed by atoms with Gasteiger partial charge in [-0.2, -0.15) is 5.26 Å². The molecule has 24 heavy (non-hydrogen) atoms. The number of ether oxygens (including phenoxy) is 2. The molecule has 1 saturated heterocycles. The number of benzene rings is 1. The summed E-state index contributed by atoms with van der Waals surface area (Å²) in [5, 5.41) is 18.0. The van der Waals surface area contributed by atoms with E-state index in [1.165, 1.54) is 13.0 Å². The summed E-state index contributed by atoms with van der Waals surface area (Å²) in [7, 11) is 0. The number of carboxylic acid groups (broad SMARTS) is 1. The van der Waals surface area contributed by atoms with Crippen LogP contribution < -0.4 is 4.74 Å². The van der Waals surface area contributed by atoms with Crippen molar-refractivity contribution >= 4 is 18.0 Å². The Bertz CT molecular complexity index is 669. The van der Waals surface area contributed by atoms with Gasteiger partial charge in [0.25, 0.3) is 5.91 Å². The van der Waals surface area contributed by atoms with E-state index in [0.717, 1.165) is 0 Å². The van der Waals surface area contributed by atoms with Gasteiger partial charge in [-0.15, -0.1) is 0 Å². The Morgan fingerprint density at radius 2 is 1.96 bits per heavy atom. The van der Waals surface area contributed by atoms with Crippen molar-refractivity contribution in [3.63, 3.8) is 0 Å². The molecule has 1 aromatic rings. The third kappa shape index (κ3) is 4.57. The molecule has 1 aromatic carbocycles. The molecular weight excluding hydrogens is 312 g/mol. The predicted octanol–water partition coefficient (Wildman–Crippen LogP) is 1.30. The first kappa shape index (κ1) is 17.5. The van der Waals surface area contributed by atoms with E-state index in [1.54, 1.807) is 29.2 Å². The van der Waals surface area contributed by atoms with Crippen molar-refractivity contribution in [2.75, 3.05) is 26.3 Å². The Morgan fingerprint density at radius 1 is 1.33 bits per heavy atom. The molecule has 0 saturated carbocycles. The summed E-state index contributed by atoms with van der Waals surface area (Å²) < 4.78 is 10.4.